The third kappa shape index (κ3) is 4.41. The van der Waals surface area contributed by atoms with Gasteiger partial charge < -0.3 is 5.73 Å². The summed E-state index contributed by atoms with van der Waals surface area (Å²) in [5, 5.41) is 0. The Morgan fingerprint density at radius 2 is 2.05 bits per heavy atom. The molecule has 0 fully saturated rings. The lowest BCUT2D eigenvalue weighted by molar-refractivity contribution is 0.626. The average molecular weight is 285 g/mol. The van der Waals surface area contributed by atoms with Crippen LogP contribution in [0.1, 0.15) is 16.7 Å². The molecule has 0 amide bonds. The van der Waals surface area contributed by atoms with E-state index in [0.717, 1.165) is 11.3 Å². The first-order valence-electron chi connectivity index (χ1n) is 6.35. The number of nitrogens with two attached hydrogens (primary N) is 1. The quantitative estimate of drug-likeness (QED) is 0.687. The van der Waals surface area contributed by atoms with Crippen LogP contribution in [0.25, 0.3) is 0 Å². The first-order valence-corrected chi connectivity index (χ1v) is 7.34. The summed E-state index contributed by atoms with van der Waals surface area (Å²) >= 11 is 1.69. The normalized spacial score (nSPS) is 9.95. The predicted octanol–water partition coefficient (Wildman–Crippen LogP) is 3.74. The number of halogens is 1. The number of aryl methyl sites for hydroxylation is 1. The van der Waals surface area contributed by atoms with Crippen molar-refractivity contribution in [2.45, 2.75) is 17.6 Å². The number of benzene rings is 2. The maximum Gasteiger partial charge on any atom is 0.124 e. The fourth-order valence-electron chi connectivity index (χ4n) is 1.83. The van der Waals surface area contributed by atoms with Crippen LogP contribution in [0.5, 0.6) is 0 Å². The third-order valence-corrected chi connectivity index (χ3v) is 3.75. The van der Waals surface area contributed by atoms with Gasteiger partial charge in [-0.1, -0.05) is 29.5 Å². The van der Waals surface area contributed by atoms with Gasteiger partial charge in [0, 0.05) is 16.2 Å². The van der Waals surface area contributed by atoms with E-state index in [4.69, 9.17) is 5.73 Å². The Morgan fingerprint density at radius 1 is 1.20 bits per heavy atom. The summed E-state index contributed by atoms with van der Waals surface area (Å²) in [6.07, 6.45) is 0. The second kappa shape index (κ2) is 7.14. The second-order valence-electron chi connectivity index (χ2n) is 4.46. The molecule has 2 aromatic rings. The fourth-order valence-corrected chi connectivity index (χ4v) is 2.77. The molecule has 20 heavy (non-hydrogen) atoms. The van der Waals surface area contributed by atoms with Gasteiger partial charge in [-0.3, -0.25) is 0 Å². The van der Waals surface area contributed by atoms with Crippen LogP contribution in [-0.2, 0) is 5.75 Å². The minimum atomic E-state index is -0.256. The van der Waals surface area contributed by atoms with Gasteiger partial charge in [-0.05, 0) is 42.8 Å². The number of hydrogen-bond donors (Lipinski definition) is 1. The molecule has 0 heterocycles. The van der Waals surface area contributed by atoms with Crippen molar-refractivity contribution in [1.29, 1.82) is 0 Å². The molecule has 0 radical (unpaired) electrons. The van der Waals surface area contributed by atoms with Gasteiger partial charge >= 0.3 is 0 Å². The van der Waals surface area contributed by atoms with Crippen molar-refractivity contribution in [3.8, 4) is 11.8 Å². The van der Waals surface area contributed by atoms with Crippen molar-refractivity contribution in [2.24, 2.45) is 5.73 Å². The van der Waals surface area contributed by atoms with Gasteiger partial charge in [0.2, 0.25) is 0 Å². The first-order chi connectivity index (χ1) is 9.67. The maximum absolute atomic E-state index is 13.5. The largest absolute Gasteiger partial charge is 0.320 e. The van der Waals surface area contributed by atoms with Gasteiger partial charge in [-0.15, -0.1) is 11.8 Å². The monoisotopic (exact) mass is 285 g/mol. The highest BCUT2D eigenvalue weighted by Gasteiger charge is 2.01. The fraction of sp³-hybridized carbons (Fsp3) is 0.176. The molecule has 0 aliphatic rings. The highest BCUT2D eigenvalue weighted by molar-refractivity contribution is 7.98. The van der Waals surface area contributed by atoms with E-state index in [2.05, 4.69) is 37.0 Å². The van der Waals surface area contributed by atoms with E-state index in [9.17, 15) is 4.39 Å². The van der Waals surface area contributed by atoms with Gasteiger partial charge in [0.05, 0.1) is 6.54 Å². The number of rotatable bonds is 3. The van der Waals surface area contributed by atoms with Crippen LogP contribution in [-0.4, -0.2) is 6.54 Å². The zero-order chi connectivity index (χ0) is 14.4. The molecular weight excluding hydrogens is 269 g/mol. The van der Waals surface area contributed by atoms with Crippen LogP contribution in [0.3, 0.4) is 0 Å². The minimum absolute atomic E-state index is 0.256. The molecule has 0 saturated heterocycles. The van der Waals surface area contributed by atoms with Crippen molar-refractivity contribution in [1.82, 2.24) is 0 Å². The lowest BCUT2D eigenvalue weighted by Crippen LogP contribution is -1.93. The molecule has 0 saturated carbocycles. The lowest BCUT2D eigenvalue weighted by Gasteiger charge is -2.04. The molecule has 102 valence electrons. The third-order valence-electron chi connectivity index (χ3n) is 2.69. The summed E-state index contributed by atoms with van der Waals surface area (Å²) in [6, 6.07) is 13.2. The summed E-state index contributed by atoms with van der Waals surface area (Å²) in [6.45, 7) is 2.34. The van der Waals surface area contributed by atoms with Crippen molar-refractivity contribution in [3.05, 3.63) is 65.0 Å². The summed E-state index contributed by atoms with van der Waals surface area (Å²) in [5.41, 5.74) is 8.16. The Balaban J connectivity index is 2.11. The lowest BCUT2D eigenvalue weighted by atomic mass is 10.1. The summed E-state index contributed by atoms with van der Waals surface area (Å²) in [5.74, 6) is 6.08. The van der Waals surface area contributed by atoms with E-state index in [1.54, 1.807) is 17.8 Å². The van der Waals surface area contributed by atoms with Crippen molar-refractivity contribution in [3.63, 3.8) is 0 Å². The summed E-state index contributed by atoms with van der Waals surface area (Å²) in [7, 11) is 0. The highest BCUT2D eigenvalue weighted by Crippen LogP contribution is 2.24. The SMILES string of the molecule is Cc1cccc(SCc2cc(F)cc(C#CCN)c2)c1. The molecule has 0 aliphatic carbocycles. The zero-order valence-electron chi connectivity index (χ0n) is 11.3. The zero-order valence-corrected chi connectivity index (χ0v) is 12.1. The number of hydrogen-bond acceptors (Lipinski definition) is 2. The molecule has 2 rings (SSSR count). The molecule has 3 heteroatoms. The standard InChI is InChI=1S/C17H16FNS/c1-13-4-2-6-17(8-13)20-12-15-9-14(5-3-7-19)10-16(18)11-15/h2,4,6,8-11H,7,12,19H2,1H3. The maximum atomic E-state index is 13.5. The molecule has 0 aromatic heterocycles. The molecule has 0 spiro atoms. The molecule has 0 atom stereocenters. The van der Waals surface area contributed by atoms with Gasteiger partial charge in [0.15, 0.2) is 0 Å². The minimum Gasteiger partial charge on any atom is -0.320 e. The van der Waals surface area contributed by atoms with Crippen molar-refractivity contribution < 1.29 is 4.39 Å². The smallest absolute Gasteiger partial charge is 0.124 e. The Labute approximate surface area is 123 Å². The van der Waals surface area contributed by atoms with Crippen LogP contribution in [0.2, 0.25) is 0 Å². The van der Waals surface area contributed by atoms with E-state index in [1.807, 2.05) is 12.1 Å². The Hall–Kier alpha value is -1.76. The molecule has 2 N–H and O–H groups in total. The van der Waals surface area contributed by atoms with Gasteiger partial charge in [-0.2, -0.15) is 0 Å². The molecular formula is C17H16FNS. The molecule has 0 bridgehead atoms. The summed E-state index contributed by atoms with van der Waals surface area (Å²) in [4.78, 5) is 1.18. The molecule has 0 unspecified atom stereocenters. The topological polar surface area (TPSA) is 26.0 Å². The summed E-state index contributed by atoms with van der Waals surface area (Å²) < 4.78 is 13.5. The van der Waals surface area contributed by atoms with Gasteiger partial charge in [0.25, 0.3) is 0 Å². The van der Waals surface area contributed by atoms with Crippen LogP contribution in [0.15, 0.2) is 47.4 Å². The predicted molar refractivity (Wildman–Crippen MR) is 83.1 cm³/mol. The van der Waals surface area contributed by atoms with E-state index in [1.165, 1.54) is 16.5 Å². The molecule has 1 nitrogen and oxygen atoms in total. The van der Waals surface area contributed by atoms with Crippen molar-refractivity contribution >= 4 is 11.8 Å². The second-order valence-corrected chi connectivity index (χ2v) is 5.51. The average Bonchev–Trinajstić information content (AvgIpc) is 2.42. The van der Waals surface area contributed by atoms with Crippen LogP contribution in [0, 0.1) is 24.6 Å². The van der Waals surface area contributed by atoms with E-state index in [-0.39, 0.29) is 12.4 Å². The Morgan fingerprint density at radius 3 is 2.80 bits per heavy atom. The highest BCUT2D eigenvalue weighted by atomic mass is 32.2. The Kier molecular flexibility index (Phi) is 5.23. The van der Waals surface area contributed by atoms with Crippen LogP contribution in [0.4, 0.5) is 4.39 Å². The van der Waals surface area contributed by atoms with E-state index >= 15 is 0 Å². The van der Waals surface area contributed by atoms with Gasteiger partial charge in [0.1, 0.15) is 5.82 Å². The van der Waals surface area contributed by atoms with E-state index in [0.29, 0.717) is 5.56 Å². The number of thioether (sulfide) groups is 1. The molecule has 2 aromatic carbocycles. The van der Waals surface area contributed by atoms with Crippen LogP contribution >= 0.6 is 11.8 Å². The van der Waals surface area contributed by atoms with Crippen molar-refractivity contribution in [2.75, 3.05) is 6.54 Å². The van der Waals surface area contributed by atoms with E-state index < -0.39 is 0 Å². The Bertz CT molecular complexity index is 656. The van der Waals surface area contributed by atoms with Gasteiger partial charge in [-0.25, -0.2) is 4.39 Å². The molecule has 0 aliphatic heterocycles. The van der Waals surface area contributed by atoms with Crippen LogP contribution < -0.4 is 5.73 Å². The first kappa shape index (κ1) is 14.6.